The Hall–Kier alpha value is -2.89. The molecule has 0 saturated carbocycles. The third-order valence-corrected chi connectivity index (χ3v) is 3.34. The molecule has 1 aromatic heterocycles. The third-order valence-electron chi connectivity index (χ3n) is 3.34. The number of oxazole rings is 1. The zero-order valence-electron chi connectivity index (χ0n) is 13.1. The Labute approximate surface area is 132 Å². The van der Waals surface area contributed by atoms with E-state index in [2.05, 4.69) is 4.98 Å². The molecule has 0 saturated heterocycles. The van der Waals surface area contributed by atoms with Gasteiger partial charge < -0.3 is 9.15 Å². The Balaban J connectivity index is 2.00. The molecule has 0 aliphatic rings. The summed E-state index contributed by atoms with van der Waals surface area (Å²) in [4.78, 5) is 14.9. The second kappa shape index (κ2) is 5.72. The van der Waals surface area contributed by atoms with Crippen molar-refractivity contribution >= 4 is 16.8 Å². The minimum Gasteiger partial charge on any atom is -0.491 e. The van der Waals surface area contributed by atoms with E-state index >= 15 is 0 Å². The predicted molar refractivity (Wildman–Crippen MR) is 86.6 cm³/mol. The average Bonchev–Trinajstić information content (AvgIpc) is 2.92. The van der Waals surface area contributed by atoms with Crippen molar-refractivity contribution in [1.82, 2.24) is 4.98 Å². The first-order chi connectivity index (χ1) is 10.9. The fourth-order valence-electron chi connectivity index (χ4n) is 2.36. The standard InChI is InChI=1S/C17H16N2O4/c1-10(2)22-14-6-4-12(5-7-14)17-18-15-9-13(19(20)21)8-11(3)16(15)23-17/h4-10H,1-3H3. The molecule has 23 heavy (non-hydrogen) atoms. The Bertz CT molecular complexity index is 866. The molecular weight excluding hydrogens is 296 g/mol. The summed E-state index contributed by atoms with van der Waals surface area (Å²) in [7, 11) is 0. The molecule has 0 aliphatic heterocycles. The Kier molecular flexibility index (Phi) is 3.73. The summed E-state index contributed by atoms with van der Waals surface area (Å²) >= 11 is 0. The van der Waals surface area contributed by atoms with Crippen LogP contribution >= 0.6 is 0 Å². The number of nitrogens with zero attached hydrogens (tertiary/aromatic N) is 2. The average molecular weight is 312 g/mol. The molecule has 0 atom stereocenters. The van der Waals surface area contributed by atoms with Gasteiger partial charge in [0.25, 0.3) is 5.69 Å². The van der Waals surface area contributed by atoms with Crippen LogP contribution in [0.3, 0.4) is 0 Å². The number of aromatic nitrogens is 1. The maximum Gasteiger partial charge on any atom is 0.272 e. The summed E-state index contributed by atoms with van der Waals surface area (Å²) < 4.78 is 11.4. The van der Waals surface area contributed by atoms with Gasteiger partial charge in [0.15, 0.2) is 5.58 Å². The first kappa shape index (κ1) is 15.0. The van der Waals surface area contributed by atoms with Gasteiger partial charge in [-0.1, -0.05) is 0 Å². The topological polar surface area (TPSA) is 78.4 Å². The van der Waals surface area contributed by atoms with E-state index in [-0.39, 0.29) is 11.8 Å². The Morgan fingerprint density at radius 2 is 1.91 bits per heavy atom. The van der Waals surface area contributed by atoms with E-state index in [4.69, 9.17) is 9.15 Å². The summed E-state index contributed by atoms with van der Waals surface area (Å²) in [6.07, 6.45) is 0.105. The minimum absolute atomic E-state index is 0.00975. The van der Waals surface area contributed by atoms with Gasteiger partial charge in [-0.05, 0) is 45.0 Å². The molecule has 0 amide bonds. The second-order valence-corrected chi connectivity index (χ2v) is 5.58. The zero-order chi connectivity index (χ0) is 16.6. The number of ether oxygens (including phenoxy) is 1. The maximum atomic E-state index is 10.9. The smallest absolute Gasteiger partial charge is 0.272 e. The number of nitro benzene ring substituents is 1. The number of aryl methyl sites for hydroxylation is 1. The lowest BCUT2D eigenvalue weighted by Gasteiger charge is -2.09. The van der Waals surface area contributed by atoms with Gasteiger partial charge in [0.2, 0.25) is 5.89 Å². The number of rotatable bonds is 4. The molecule has 3 rings (SSSR count). The normalized spacial score (nSPS) is 11.1. The minimum atomic E-state index is -0.432. The summed E-state index contributed by atoms with van der Waals surface area (Å²) in [5.41, 5.74) is 2.53. The molecule has 3 aromatic rings. The molecule has 2 aromatic carbocycles. The highest BCUT2D eigenvalue weighted by atomic mass is 16.6. The largest absolute Gasteiger partial charge is 0.491 e. The van der Waals surface area contributed by atoms with E-state index in [1.807, 2.05) is 38.1 Å². The molecule has 1 heterocycles. The van der Waals surface area contributed by atoms with Crippen LogP contribution in [0.15, 0.2) is 40.8 Å². The van der Waals surface area contributed by atoms with Crippen molar-refractivity contribution < 1.29 is 14.1 Å². The van der Waals surface area contributed by atoms with Gasteiger partial charge in [-0.15, -0.1) is 0 Å². The monoisotopic (exact) mass is 312 g/mol. The van der Waals surface area contributed by atoms with Crippen molar-refractivity contribution in [3.63, 3.8) is 0 Å². The van der Waals surface area contributed by atoms with Crippen LogP contribution in [0.4, 0.5) is 5.69 Å². The van der Waals surface area contributed by atoms with Crippen LogP contribution in [-0.4, -0.2) is 16.0 Å². The quantitative estimate of drug-likeness (QED) is 0.523. The highest BCUT2D eigenvalue weighted by molar-refractivity contribution is 5.81. The lowest BCUT2D eigenvalue weighted by atomic mass is 10.2. The highest BCUT2D eigenvalue weighted by Gasteiger charge is 2.15. The van der Waals surface area contributed by atoms with Crippen LogP contribution in [0.2, 0.25) is 0 Å². The fourth-order valence-corrected chi connectivity index (χ4v) is 2.36. The van der Waals surface area contributed by atoms with Crippen molar-refractivity contribution in [2.45, 2.75) is 26.9 Å². The van der Waals surface area contributed by atoms with Crippen molar-refractivity contribution in [2.24, 2.45) is 0 Å². The van der Waals surface area contributed by atoms with Gasteiger partial charge in [0.05, 0.1) is 11.0 Å². The predicted octanol–water partition coefficient (Wildman–Crippen LogP) is 4.50. The van der Waals surface area contributed by atoms with E-state index in [1.165, 1.54) is 12.1 Å². The molecule has 0 radical (unpaired) electrons. The van der Waals surface area contributed by atoms with E-state index in [9.17, 15) is 10.1 Å². The Morgan fingerprint density at radius 3 is 2.52 bits per heavy atom. The van der Waals surface area contributed by atoms with Crippen LogP contribution in [0.1, 0.15) is 19.4 Å². The van der Waals surface area contributed by atoms with E-state index in [0.717, 1.165) is 11.3 Å². The number of benzene rings is 2. The molecule has 0 aliphatic carbocycles. The van der Waals surface area contributed by atoms with Crippen molar-refractivity contribution in [3.05, 3.63) is 52.1 Å². The van der Waals surface area contributed by atoms with Crippen molar-refractivity contribution in [3.8, 4) is 17.2 Å². The number of hydrogen-bond acceptors (Lipinski definition) is 5. The highest BCUT2D eigenvalue weighted by Crippen LogP contribution is 2.30. The summed E-state index contributed by atoms with van der Waals surface area (Å²) in [5, 5.41) is 10.9. The Morgan fingerprint density at radius 1 is 1.22 bits per heavy atom. The van der Waals surface area contributed by atoms with Crippen LogP contribution in [0.5, 0.6) is 5.75 Å². The van der Waals surface area contributed by atoms with Gasteiger partial charge in [0.1, 0.15) is 11.3 Å². The van der Waals surface area contributed by atoms with Crippen LogP contribution in [-0.2, 0) is 0 Å². The molecular formula is C17H16N2O4. The van der Waals surface area contributed by atoms with Crippen molar-refractivity contribution in [2.75, 3.05) is 0 Å². The van der Waals surface area contributed by atoms with E-state index < -0.39 is 4.92 Å². The first-order valence-electron chi connectivity index (χ1n) is 7.26. The van der Waals surface area contributed by atoms with Gasteiger partial charge >= 0.3 is 0 Å². The molecule has 6 heteroatoms. The third kappa shape index (κ3) is 3.01. The molecule has 0 unspecified atom stereocenters. The maximum absolute atomic E-state index is 10.9. The molecule has 6 nitrogen and oxygen atoms in total. The van der Waals surface area contributed by atoms with Gasteiger partial charge in [-0.25, -0.2) is 4.98 Å². The summed E-state index contributed by atoms with van der Waals surface area (Å²) in [6.45, 7) is 5.69. The van der Waals surface area contributed by atoms with Gasteiger partial charge in [0, 0.05) is 23.3 Å². The second-order valence-electron chi connectivity index (χ2n) is 5.58. The van der Waals surface area contributed by atoms with Crippen LogP contribution in [0, 0.1) is 17.0 Å². The molecule has 118 valence electrons. The SMILES string of the molecule is Cc1cc([N+](=O)[O-])cc2nc(-c3ccc(OC(C)C)cc3)oc12. The van der Waals surface area contributed by atoms with Crippen LogP contribution in [0.25, 0.3) is 22.6 Å². The molecule has 0 bridgehead atoms. The molecule has 0 spiro atoms. The van der Waals surface area contributed by atoms with E-state index in [1.54, 1.807) is 6.92 Å². The summed E-state index contributed by atoms with van der Waals surface area (Å²) in [6, 6.07) is 10.3. The lowest BCUT2D eigenvalue weighted by Crippen LogP contribution is -2.05. The zero-order valence-corrected chi connectivity index (χ0v) is 13.1. The number of non-ortho nitro benzene ring substituents is 1. The first-order valence-corrected chi connectivity index (χ1v) is 7.26. The van der Waals surface area contributed by atoms with Gasteiger partial charge in [-0.2, -0.15) is 0 Å². The van der Waals surface area contributed by atoms with E-state index in [0.29, 0.717) is 22.6 Å². The molecule has 0 fully saturated rings. The lowest BCUT2D eigenvalue weighted by molar-refractivity contribution is -0.384. The number of hydrogen-bond donors (Lipinski definition) is 0. The number of fused-ring (bicyclic) bond motifs is 1. The fraction of sp³-hybridized carbons (Fsp3) is 0.235. The molecule has 0 N–H and O–H groups in total. The van der Waals surface area contributed by atoms with Crippen LogP contribution < -0.4 is 4.74 Å². The van der Waals surface area contributed by atoms with Crippen molar-refractivity contribution in [1.29, 1.82) is 0 Å². The van der Waals surface area contributed by atoms with Gasteiger partial charge in [-0.3, -0.25) is 10.1 Å². The summed E-state index contributed by atoms with van der Waals surface area (Å²) in [5.74, 6) is 1.20. The number of nitro groups is 1.